The van der Waals surface area contributed by atoms with Gasteiger partial charge in [0.05, 0.1) is 19.1 Å². The number of ether oxygens (including phenoxy) is 1. The Bertz CT molecular complexity index is 843. The predicted molar refractivity (Wildman–Crippen MR) is 97.2 cm³/mol. The van der Waals surface area contributed by atoms with Gasteiger partial charge in [-0.2, -0.15) is 5.10 Å². The Morgan fingerprint density at radius 3 is 2.73 bits per heavy atom. The number of aromatic amines is 1. The number of nitrogens with zero attached hydrogens (tertiary/aromatic N) is 3. The van der Waals surface area contributed by atoms with Gasteiger partial charge in [0.15, 0.2) is 20.2 Å². The molecule has 144 valence electrons. The first-order valence-electron chi connectivity index (χ1n) is 8.60. The molecular weight excluding hydrogens is 356 g/mol. The summed E-state index contributed by atoms with van der Waals surface area (Å²) in [5.41, 5.74) is 0.0359. The minimum Gasteiger partial charge on any atom is -0.406 e. The lowest BCUT2D eigenvalue weighted by atomic mass is 10.1. The summed E-state index contributed by atoms with van der Waals surface area (Å²) in [6.07, 6.45) is -0.620. The van der Waals surface area contributed by atoms with Gasteiger partial charge in [-0.3, -0.25) is 4.79 Å². The smallest absolute Gasteiger partial charge is 0.261 e. The van der Waals surface area contributed by atoms with E-state index < -0.39 is 32.9 Å². The molecule has 9 nitrogen and oxygen atoms in total. The van der Waals surface area contributed by atoms with E-state index in [0.29, 0.717) is 11.0 Å². The summed E-state index contributed by atoms with van der Waals surface area (Å²) in [5, 5.41) is 24.7. The standard InChI is InChI=1S/C16H26N4O5Si/c1-16(2,3)26(4,5)25-12-11(22)10(7-21)24-15(12)20-13-9(6-19-20)14(23)18-8-17-13/h6,8,10-12,15,21-22H,7H2,1-5H3,(H,17,18,23)/t10-,11-,12-,15-/m1/s1. The zero-order valence-electron chi connectivity index (χ0n) is 15.6. The molecule has 1 saturated heterocycles. The highest BCUT2D eigenvalue weighted by atomic mass is 28.4. The molecule has 3 rings (SSSR count). The summed E-state index contributed by atoms with van der Waals surface area (Å²) in [6, 6.07) is 0. The van der Waals surface area contributed by atoms with Crippen LogP contribution in [0.3, 0.4) is 0 Å². The quantitative estimate of drug-likeness (QED) is 0.667. The summed E-state index contributed by atoms with van der Waals surface area (Å²) in [5.74, 6) is 0. The van der Waals surface area contributed by atoms with E-state index in [2.05, 4.69) is 48.9 Å². The molecule has 0 amide bonds. The predicted octanol–water partition coefficient (Wildman–Crippen LogP) is 0.761. The SMILES string of the molecule is CC(C)(C)[Si](C)(C)O[C@@H]1[C@H](O)[C@@H](CO)O[C@H]1n1ncc2c(=O)[nH]cnc21. The fourth-order valence-electron chi connectivity index (χ4n) is 2.77. The van der Waals surface area contributed by atoms with Crippen molar-refractivity contribution < 1.29 is 19.4 Å². The molecule has 2 aromatic rings. The highest BCUT2D eigenvalue weighted by molar-refractivity contribution is 6.74. The number of hydrogen-bond donors (Lipinski definition) is 3. The number of aliphatic hydroxyl groups excluding tert-OH is 2. The van der Waals surface area contributed by atoms with Gasteiger partial charge in [-0.15, -0.1) is 0 Å². The maximum Gasteiger partial charge on any atom is 0.261 e. The van der Waals surface area contributed by atoms with E-state index in [4.69, 9.17) is 9.16 Å². The zero-order chi connectivity index (χ0) is 19.3. The van der Waals surface area contributed by atoms with Crippen LogP contribution in [0.4, 0.5) is 0 Å². The average Bonchev–Trinajstić information content (AvgIpc) is 3.09. The van der Waals surface area contributed by atoms with Crippen LogP contribution >= 0.6 is 0 Å². The first-order valence-corrected chi connectivity index (χ1v) is 11.5. The lowest BCUT2D eigenvalue weighted by molar-refractivity contribution is -0.0550. The Kier molecular flexibility index (Phi) is 4.82. The summed E-state index contributed by atoms with van der Waals surface area (Å²) in [7, 11) is -2.24. The molecule has 0 saturated carbocycles. The third kappa shape index (κ3) is 3.12. The minimum atomic E-state index is -2.24. The molecule has 1 aliphatic heterocycles. The number of nitrogens with one attached hydrogen (secondary N) is 1. The summed E-state index contributed by atoms with van der Waals surface area (Å²) in [6.45, 7) is 10.1. The van der Waals surface area contributed by atoms with Crippen molar-refractivity contribution in [2.75, 3.05) is 6.61 Å². The van der Waals surface area contributed by atoms with E-state index in [0.717, 1.165) is 0 Å². The highest BCUT2D eigenvalue weighted by Gasteiger charge is 2.50. The fraction of sp³-hybridized carbons (Fsp3) is 0.688. The lowest BCUT2D eigenvalue weighted by Gasteiger charge is -2.40. The number of rotatable bonds is 4. The molecule has 4 atom stereocenters. The van der Waals surface area contributed by atoms with E-state index in [9.17, 15) is 15.0 Å². The second kappa shape index (κ2) is 6.53. The van der Waals surface area contributed by atoms with Crippen molar-refractivity contribution in [2.24, 2.45) is 0 Å². The summed E-state index contributed by atoms with van der Waals surface area (Å²) in [4.78, 5) is 18.6. The van der Waals surface area contributed by atoms with Crippen molar-refractivity contribution in [2.45, 2.75) is 63.4 Å². The van der Waals surface area contributed by atoms with Crippen LogP contribution in [0.25, 0.3) is 11.0 Å². The molecule has 0 aromatic carbocycles. The van der Waals surface area contributed by atoms with Crippen molar-refractivity contribution in [1.82, 2.24) is 19.7 Å². The fourth-order valence-corrected chi connectivity index (χ4v) is 4.06. The molecule has 2 aromatic heterocycles. The van der Waals surface area contributed by atoms with Gasteiger partial charge < -0.3 is 24.4 Å². The molecule has 1 fully saturated rings. The monoisotopic (exact) mass is 382 g/mol. The third-order valence-electron chi connectivity index (χ3n) is 5.37. The Labute approximate surface area is 152 Å². The molecule has 3 N–H and O–H groups in total. The van der Waals surface area contributed by atoms with Gasteiger partial charge in [0.1, 0.15) is 23.7 Å². The van der Waals surface area contributed by atoms with Gasteiger partial charge >= 0.3 is 0 Å². The van der Waals surface area contributed by atoms with Crippen molar-refractivity contribution in [3.8, 4) is 0 Å². The van der Waals surface area contributed by atoms with Gasteiger partial charge in [0.2, 0.25) is 0 Å². The Balaban J connectivity index is 2.03. The van der Waals surface area contributed by atoms with Crippen molar-refractivity contribution in [3.05, 3.63) is 22.9 Å². The number of aromatic nitrogens is 4. The maximum atomic E-state index is 11.9. The molecule has 26 heavy (non-hydrogen) atoms. The Morgan fingerprint density at radius 1 is 1.42 bits per heavy atom. The molecule has 0 bridgehead atoms. The number of aliphatic hydroxyl groups is 2. The lowest BCUT2D eigenvalue weighted by Crippen LogP contribution is -2.48. The van der Waals surface area contributed by atoms with E-state index in [1.165, 1.54) is 17.2 Å². The molecule has 0 radical (unpaired) electrons. The van der Waals surface area contributed by atoms with Crippen LogP contribution in [-0.2, 0) is 9.16 Å². The largest absolute Gasteiger partial charge is 0.406 e. The molecule has 0 unspecified atom stereocenters. The summed E-state index contributed by atoms with van der Waals surface area (Å²) >= 11 is 0. The zero-order valence-corrected chi connectivity index (χ0v) is 16.6. The Hall–Kier alpha value is -1.59. The Morgan fingerprint density at radius 2 is 2.12 bits per heavy atom. The van der Waals surface area contributed by atoms with Crippen LogP contribution in [-0.4, -0.2) is 63.2 Å². The second-order valence-electron chi connectivity index (χ2n) is 8.14. The van der Waals surface area contributed by atoms with Crippen LogP contribution in [0.5, 0.6) is 0 Å². The van der Waals surface area contributed by atoms with Crippen LogP contribution < -0.4 is 5.56 Å². The van der Waals surface area contributed by atoms with Gasteiger partial charge in [0.25, 0.3) is 5.56 Å². The maximum absolute atomic E-state index is 11.9. The van der Waals surface area contributed by atoms with Crippen molar-refractivity contribution >= 4 is 19.4 Å². The molecule has 0 aliphatic carbocycles. The first-order chi connectivity index (χ1) is 12.1. The molecule has 0 spiro atoms. The molecule has 3 heterocycles. The van der Waals surface area contributed by atoms with Crippen molar-refractivity contribution in [3.63, 3.8) is 0 Å². The van der Waals surface area contributed by atoms with Crippen LogP contribution in [0.1, 0.15) is 27.0 Å². The number of hydrogen-bond acceptors (Lipinski definition) is 7. The number of H-pyrrole nitrogens is 1. The van der Waals surface area contributed by atoms with Gasteiger partial charge in [-0.25, -0.2) is 9.67 Å². The molecule has 10 heteroatoms. The molecule has 1 aliphatic rings. The van der Waals surface area contributed by atoms with E-state index in [-0.39, 0.29) is 17.2 Å². The van der Waals surface area contributed by atoms with Crippen molar-refractivity contribution in [1.29, 1.82) is 0 Å². The average molecular weight is 382 g/mol. The van der Waals surface area contributed by atoms with Gasteiger partial charge in [-0.05, 0) is 18.1 Å². The van der Waals surface area contributed by atoms with Gasteiger partial charge in [0, 0.05) is 0 Å². The molecular formula is C16H26N4O5Si. The van der Waals surface area contributed by atoms with Crippen LogP contribution in [0, 0.1) is 0 Å². The highest BCUT2D eigenvalue weighted by Crippen LogP contribution is 2.42. The van der Waals surface area contributed by atoms with E-state index >= 15 is 0 Å². The minimum absolute atomic E-state index is 0.0733. The van der Waals surface area contributed by atoms with Gasteiger partial charge in [-0.1, -0.05) is 20.8 Å². The normalized spacial score (nSPS) is 27.3. The topological polar surface area (TPSA) is 122 Å². The van der Waals surface area contributed by atoms with Crippen LogP contribution in [0.2, 0.25) is 18.1 Å². The van der Waals surface area contributed by atoms with Crippen LogP contribution in [0.15, 0.2) is 17.3 Å². The van der Waals surface area contributed by atoms with E-state index in [1.54, 1.807) is 0 Å². The number of fused-ring (bicyclic) bond motifs is 1. The first kappa shape index (κ1) is 19.2. The summed E-state index contributed by atoms with van der Waals surface area (Å²) < 4.78 is 13.7. The van der Waals surface area contributed by atoms with E-state index in [1.807, 2.05) is 0 Å². The third-order valence-corrected chi connectivity index (χ3v) is 9.84. The second-order valence-corrected chi connectivity index (χ2v) is 12.9.